The highest BCUT2D eigenvalue weighted by Crippen LogP contribution is 2.59. The molecule has 0 amide bonds. The van der Waals surface area contributed by atoms with Crippen LogP contribution in [0.2, 0.25) is 0 Å². The summed E-state index contributed by atoms with van der Waals surface area (Å²) in [5, 5.41) is 0. The van der Waals surface area contributed by atoms with Gasteiger partial charge in [-0.3, -0.25) is 0 Å². The minimum absolute atomic E-state index is 0.461. The molecule has 0 saturated heterocycles. The summed E-state index contributed by atoms with van der Waals surface area (Å²) < 4.78 is 5.91. The fourth-order valence-electron chi connectivity index (χ4n) is 5.73. The molecule has 29 heavy (non-hydrogen) atoms. The molecule has 2 bridgehead atoms. The van der Waals surface area contributed by atoms with E-state index in [1.54, 1.807) is 5.56 Å². The third kappa shape index (κ3) is 6.12. The van der Waals surface area contributed by atoms with Gasteiger partial charge in [-0.15, -0.1) is 0 Å². The molecule has 4 rings (SSSR count). The molecule has 0 atom stereocenters. The van der Waals surface area contributed by atoms with Gasteiger partial charge >= 0.3 is 0 Å². The SMILES string of the molecule is CCCCC=CCOc1ccc(C23CCC(CCCCCCC)(CC2)CC3)cc1. The Morgan fingerprint density at radius 3 is 2.07 bits per heavy atom. The largest absolute Gasteiger partial charge is 0.490 e. The first-order valence-electron chi connectivity index (χ1n) is 12.6. The van der Waals surface area contributed by atoms with Crippen LogP contribution >= 0.6 is 0 Å². The second-order valence-corrected chi connectivity index (χ2v) is 9.89. The highest BCUT2D eigenvalue weighted by molar-refractivity contribution is 5.34. The number of ether oxygens (including phenoxy) is 1. The fraction of sp³-hybridized carbons (Fsp3) is 0.714. The van der Waals surface area contributed by atoms with E-state index in [-0.39, 0.29) is 0 Å². The van der Waals surface area contributed by atoms with Crippen molar-refractivity contribution < 1.29 is 4.74 Å². The van der Waals surface area contributed by atoms with Crippen molar-refractivity contribution in [2.45, 2.75) is 116 Å². The number of fused-ring (bicyclic) bond motifs is 3. The van der Waals surface area contributed by atoms with Gasteiger partial charge in [0.1, 0.15) is 12.4 Å². The van der Waals surface area contributed by atoms with Gasteiger partial charge in [0.25, 0.3) is 0 Å². The Labute approximate surface area is 180 Å². The molecular weight excluding hydrogens is 352 g/mol. The third-order valence-corrected chi connectivity index (χ3v) is 7.92. The smallest absolute Gasteiger partial charge is 0.119 e. The monoisotopic (exact) mass is 396 g/mol. The molecular formula is C28H44O. The highest BCUT2D eigenvalue weighted by atomic mass is 16.5. The van der Waals surface area contributed by atoms with Crippen molar-refractivity contribution in [3.05, 3.63) is 42.0 Å². The molecule has 0 heterocycles. The summed E-state index contributed by atoms with van der Waals surface area (Å²) >= 11 is 0. The predicted octanol–water partition coefficient (Wildman–Crippen LogP) is 8.76. The minimum Gasteiger partial charge on any atom is -0.490 e. The lowest BCUT2D eigenvalue weighted by Crippen LogP contribution is -2.44. The normalized spacial score (nSPS) is 26.3. The molecule has 1 heteroatoms. The van der Waals surface area contributed by atoms with E-state index in [1.165, 1.54) is 96.3 Å². The van der Waals surface area contributed by atoms with Gasteiger partial charge in [-0.1, -0.05) is 83.1 Å². The van der Waals surface area contributed by atoms with Crippen LogP contribution < -0.4 is 4.74 Å². The average Bonchev–Trinajstić information content (AvgIpc) is 2.78. The second-order valence-electron chi connectivity index (χ2n) is 9.89. The Kier molecular flexibility index (Phi) is 8.69. The molecule has 162 valence electrons. The van der Waals surface area contributed by atoms with Crippen molar-refractivity contribution in [2.24, 2.45) is 5.41 Å². The molecule has 0 aromatic heterocycles. The Morgan fingerprint density at radius 2 is 1.41 bits per heavy atom. The van der Waals surface area contributed by atoms with Crippen molar-refractivity contribution in [1.29, 1.82) is 0 Å². The van der Waals surface area contributed by atoms with Crippen molar-refractivity contribution in [3.8, 4) is 5.75 Å². The van der Waals surface area contributed by atoms with Gasteiger partial charge in [-0.25, -0.2) is 0 Å². The molecule has 1 nitrogen and oxygen atoms in total. The Hall–Kier alpha value is -1.24. The van der Waals surface area contributed by atoms with Crippen molar-refractivity contribution >= 4 is 0 Å². The van der Waals surface area contributed by atoms with Crippen LogP contribution in [0, 0.1) is 5.41 Å². The Bertz CT molecular complexity index is 587. The molecule has 0 N–H and O–H groups in total. The lowest BCUT2D eigenvalue weighted by molar-refractivity contribution is 0.0304. The maximum absolute atomic E-state index is 5.91. The maximum Gasteiger partial charge on any atom is 0.119 e. The molecule has 0 radical (unpaired) electrons. The van der Waals surface area contributed by atoms with Crippen LogP contribution in [-0.4, -0.2) is 6.61 Å². The maximum atomic E-state index is 5.91. The molecule has 3 aliphatic rings. The van der Waals surface area contributed by atoms with Crippen molar-refractivity contribution in [2.75, 3.05) is 6.61 Å². The molecule has 1 aromatic rings. The van der Waals surface area contributed by atoms with Gasteiger partial charge in [0.2, 0.25) is 0 Å². The average molecular weight is 397 g/mol. The standard InChI is InChI=1S/C28H44O/c1-3-5-7-9-11-17-27-18-21-28(22-19-27,23-20-27)25-13-15-26(16-14-25)29-24-12-10-8-6-4-2/h10,12-16H,3-9,11,17-24H2,1-2H3. The van der Waals surface area contributed by atoms with E-state index >= 15 is 0 Å². The first kappa shape index (κ1) is 22.4. The number of unbranched alkanes of at least 4 members (excludes halogenated alkanes) is 6. The lowest BCUT2D eigenvalue weighted by atomic mass is 9.51. The van der Waals surface area contributed by atoms with Crippen LogP contribution in [0.4, 0.5) is 0 Å². The quantitative estimate of drug-likeness (QED) is 0.239. The van der Waals surface area contributed by atoms with E-state index < -0.39 is 0 Å². The van der Waals surface area contributed by atoms with E-state index in [4.69, 9.17) is 4.74 Å². The number of hydrogen-bond acceptors (Lipinski definition) is 1. The molecule has 3 aliphatic carbocycles. The molecule has 1 aromatic carbocycles. The van der Waals surface area contributed by atoms with Gasteiger partial charge in [0.05, 0.1) is 0 Å². The zero-order chi connectivity index (χ0) is 20.4. The number of allylic oxidation sites excluding steroid dienone is 1. The summed E-state index contributed by atoms with van der Waals surface area (Å²) in [4.78, 5) is 0. The zero-order valence-electron chi connectivity index (χ0n) is 19.2. The summed E-state index contributed by atoms with van der Waals surface area (Å²) in [5.41, 5.74) is 2.73. The molecule has 0 spiro atoms. The van der Waals surface area contributed by atoms with Crippen LogP contribution in [0.5, 0.6) is 5.75 Å². The lowest BCUT2D eigenvalue weighted by Gasteiger charge is -2.54. The van der Waals surface area contributed by atoms with Gasteiger partial charge in [-0.2, -0.15) is 0 Å². The molecule has 0 aliphatic heterocycles. The Morgan fingerprint density at radius 1 is 0.759 bits per heavy atom. The second kappa shape index (κ2) is 11.2. The third-order valence-electron chi connectivity index (χ3n) is 7.92. The van der Waals surface area contributed by atoms with E-state index in [0.717, 1.165) is 5.75 Å². The topological polar surface area (TPSA) is 9.23 Å². The molecule has 0 unspecified atom stereocenters. The van der Waals surface area contributed by atoms with Gasteiger partial charge in [-0.05, 0) is 79.9 Å². The fourth-order valence-corrected chi connectivity index (χ4v) is 5.73. The van der Waals surface area contributed by atoms with E-state index in [1.807, 2.05) is 0 Å². The van der Waals surface area contributed by atoms with E-state index in [9.17, 15) is 0 Å². The number of rotatable bonds is 13. The summed E-state index contributed by atoms with van der Waals surface area (Å²) in [6.07, 6.45) is 25.3. The van der Waals surface area contributed by atoms with Crippen molar-refractivity contribution in [3.63, 3.8) is 0 Å². The van der Waals surface area contributed by atoms with Gasteiger partial charge < -0.3 is 4.74 Å². The first-order valence-corrected chi connectivity index (χ1v) is 12.6. The number of benzene rings is 1. The predicted molar refractivity (Wildman–Crippen MR) is 126 cm³/mol. The summed E-state index contributed by atoms with van der Waals surface area (Å²) in [7, 11) is 0. The van der Waals surface area contributed by atoms with Crippen LogP contribution in [0.25, 0.3) is 0 Å². The Balaban J connectivity index is 1.45. The number of hydrogen-bond donors (Lipinski definition) is 0. The van der Waals surface area contributed by atoms with Crippen LogP contribution in [0.1, 0.15) is 116 Å². The minimum atomic E-state index is 0.461. The zero-order valence-corrected chi connectivity index (χ0v) is 19.2. The highest BCUT2D eigenvalue weighted by Gasteiger charge is 2.48. The van der Waals surface area contributed by atoms with Crippen LogP contribution in [-0.2, 0) is 5.41 Å². The van der Waals surface area contributed by atoms with Crippen molar-refractivity contribution in [1.82, 2.24) is 0 Å². The molecule has 3 fully saturated rings. The van der Waals surface area contributed by atoms with Crippen LogP contribution in [0.15, 0.2) is 36.4 Å². The first-order chi connectivity index (χ1) is 14.2. The van der Waals surface area contributed by atoms with Gasteiger partial charge in [0, 0.05) is 0 Å². The summed E-state index contributed by atoms with van der Waals surface area (Å²) in [6, 6.07) is 9.13. The molecule has 3 saturated carbocycles. The summed E-state index contributed by atoms with van der Waals surface area (Å²) in [5.74, 6) is 1.01. The van der Waals surface area contributed by atoms with E-state index in [0.29, 0.717) is 17.4 Å². The van der Waals surface area contributed by atoms with Gasteiger partial charge in [0.15, 0.2) is 0 Å². The van der Waals surface area contributed by atoms with E-state index in [2.05, 4.69) is 50.3 Å². The van der Waals surface area contributed by atoms with Crippen LogP contribution in [0.3, 0.4) is 0 Å². The summed E-state index contributed by atoms with van der Waals surface area (Å²) in [6.45, 7) is 5.23.